The number of hydrogen-bond donors (Lipinski definition) is 2. The lowest BCUT2D eigenvalue weighted by Crippen LogP contribution is -2.27. The highest BCUT2D eigenvalue weighted by atomic mass is 16.4. The van der Waals surface area contributed by atoms with Crippen molar-refractivity contribution in [2.24, 2.45) is 0 Å². The summed E-state index contributed by atoms with van der Waals surface area (Å²) >= 11 is 0. The van der Waals surface area contributed by atoms with Gasteiger partial charge in [0.05, 0.1) is 11.3 Å². The summed E-state index contributed by atoms with van der Waals surface area (Å²) in [7, 11) is 0. The monoisotopic (exact) mass is 337 g/mol. The maximum absolute atomic E-state index is 12.2. The zero-order valence-corrected chi connectivity index (χ0v) is 14.1. The predicted molar refractivity (Wildman–Crippen MR) is 94.5 cm³/mol. The van der Waals surface area contributed by atoms with Crippen LogP contribution in [0.1, 0.15) is 27.5 Å². The van der Waals surface area contributed by atoms with E-state index in [0.29, 0.717) is 30.1 Å². The van der Waals surface area contributed by atoms with Crippen molar-refractivity contribution in [3.63, 3.8) is 0 Å². The largest absolute Gasteiger partial charge is 0.441 e. The third-order valence-corrected chi connectivity index (χ3v) is 3.92. The first-order chi connectivity index (χ1) is 12.0. The fourth-order valence-corrected chi connectivity index (χ4v) is 2.58. The molecule has 2 aromatic heterocycles. The van der Waals surface area contributed by atoms with Crippen LogP contribution in [0.4, 0.5) is 0 Å². The molecule has 0 unspecified atom stereocenters. The summed E-state index contributed by atoms with van der Waals surface area (Å²) in [5.41, 5.74) is 2.53. The third kappa shape index (κ3) is 3.85. The molecule has 3 aromatic rings. The average molecular weight is 337 g/mol. The molecule has 1 aromatic carbocycles. The van der Waals surface area contributed by atoms with Crippen molar-refractivity contribution in [1.29, 1.82) is 0 Å². The van der Waals surface area contributed by atoms with E-state index < -0.39 is 0 Å². The molecule has 6 nitrogen and oxygen atoms in total. The highest BCUT2D eigenvalue weighted by Crippen LogP contribution is 2.21. The van der Waals surface area contributed by atoms with Gasteiger partial charge in [-0.25, -0.2) is 4.98 Å². The Morgan fingerprint density at radius 3 is 2.64 bits per heavy atom. The first-order valence-electron chi connectivity index (χ1n) is 8.04. The van der Waals surface area contributed by atoms with Gasteiger partial charge in [0.25, 0.3) is 5.91 Å². The summed E-state index contributed by atoms with van der Waals surface area (Å²) in [4.78, 5) is 30.5. The van der Waals surface area contributed by atoms with Crippen LogP contribution in [0.2, 0.25) is 0 Å². The standard InChI is InChI=1S/C19H19N3O3/c1-12-15(8-9-17(23)21-12)18(24)20-11-10-16-13(2)25-19(22-16)14-6-4-3-5-7-14/h3-9H,10-11H2,1-2H3,(H,20,24)(H,21,23). The fourth-order valence-electron chi connectivity index (χ4n) is 2.58. The third-order valence-electron chi connectivity index (χ3n) is 3.92. The summed E-state index contributed by atoms with van der Waals surface area (Å²) in [6, 6.07) is 12.6. The van der Waals surface area contributed by atoms with Crippen molar-refractivity contribution in [2.75, 3.05) is 6.54 Å². The second kappa shape index (κ2) is 7.17. The van der Waals surface area contributed by atoms with E-state index >= 15 is 0 Å². The fraction of sp³-hybridized carbons (Fsp3) is 0.211. The molecule has 2 heterocycles. The molecule has 0 atom stereocenters. The Balaban J connectivity index is 1.63. The van der Waals surface area contributed by atoms with Gasteiger partial charge in [0.1, 0.15) is 5.76 Å². The molecule has 0 saturated heterocycles. The number of rotatable bonds is 5. The molecule has 0 bridgehead atoms. The first kappa shape index (κ1) is 16.7. The number of pyridine rings is 1. The van der Waals surface area contributed by atoms with Crippen molar-refractivity contribution in [2.45, 2.75) is 20.3 Å². The summed E-state index contributed by atoms with van der Waals surface area (Å²) in [6.07, 6.45) is 0.566. The summed E-state index contributed by atoms with van der Waals surface area (Å²) in [6.45, 7) is 3.99. The Kier molecular flexibility index (Phi) is 4.79. The topological polar surface area (TPSA) is 88.0 Å². The highest BCUT2D eigenvalue weighted by molar-refractivity contribution is 5.95. The first-order valence-corrected chi connectivity index (χ1v) is 8.04. The molecule has 0 saturated carbocycles. The van der Waals surface area contributed by atoms with Crippen molar-refractivity contribution in [3.8, 4) is 11.5 Å². The van der Waals surface area contributed by atoms with Gasteiger partial charge in [-0.3, -0.25) is 9.59 Å². The number of nitrogens with one attached hydrogen (secondary N) is 2. The number of H-pyrrole nitrogens is 1. The van der Waals surface area contributed by atoms with Gasteiger partial charge in [-0.2, -0.15) is 0 Å². The molecule has 128 valence electrons. The molecule has 1 amide bonds. The van der Waals surface area contributed by atoms with Gasteiger partial charge in [0.2, 0.25) is 11.4 Å². The van der Waals surface area contributed by atoms with Crippen LogP contribution >= 0.6 is 0 Å². The zero-order valence-electron chi connectivity index (χ0n) is 14.1. The van der Waals surface area contributed by atoms with Gasteiger partial charge >= 0.3 is 0 Å². The molecular weight excluding hydrogens is 318 g/mol. The number of carbonyl (C=O) groups is 1. The number of aromatic nitrogens is 2. The average Bonchev–Trinajstić information content (AvgIpc) is 2.96. The SMILES string of the molecule is Cc1[nH]c(=O)ccc1C(=O)NCCc1nc(-c2ccccc2)oc1C. The van der Waals surface area contributed by atoms with Crippen molar-refractivity contribution >= 4 is 5.91 Å². The van der Waals surface area contributed by atoms with E-state index in [0.717, 1.165) is 17.0 Å². The van der Waals surface area contributed by atoms with E-state index in [9.17, 15) is 9.59 Å². The minimum absolute atomic E-state index is 0.222. The number of benzene rings is 1. The second-order valence-corrected chi connectivity index (χ2v) is 5.76. The molecule has 0 fully saturated rings. The quantitative estimate of drug-likeness (QED) is 0.749. The number of aryl methyl sites for hydroxylation is 2. The van der Waals surface area contributed by atoms with Crippen LogP contribution in [0.15, 0.2) is 51.7 Å². The van der Waals surface area contributed by atoms with Crippen molar-refractivity contribution in [1.82, 2.24) is 15.3 Å². The molecule has 25 heavy (non-hydrogen) atoms. The molecule has 0 radical (unpaired) electrons. The molecule has 0 aliphatic rings. The number of aromatic amines is 1. The van der Waals surface area contributed by atoms with E-state index in [4.69, 9.17) is 4.42 Å². The Morgan fingerprint density at radius 1 is 1.16 bits per heavy atom. The molecule has 0 aliphatic carbocycles. The summed E-state index contributed by atoms with van der Waals surface area (Å²) in [5, 5.41) is 2.84. The molecule has 0 aliphatic heterocycles. The van der Waals surface area contributed by atoms with Gasteiger partial charge in [-0.1, -0.05) is 18.2 Å². The van der Waals surface area contributed by atoms with Gasteiger partial charge < -0.3 is 14.7 Å². The number of oxazole rings is 1. The Morgan fingerprint density at radius 2 is 1.92 bits per heavy atom. The van der Waals surface area contributed by atoms with Crippen LogP contribution in [-0.2, 0) is 6.42 Å². The van der Waals surface area contributed by atoms with E-state index in [1.807, 2.05) is 37.3 Å². The molecular formula is C19H19N3O3. The smallest absolute Gasteiger partial charge is 0.253 e. The number of amides is 1. The van der Waals surface area contributed by atoms with E-state index in [1.54, 1.807) is 6.92 Å². The summed E-state index contributed by atoms with van der Waals surface area (Å²) < 4.78 is 5.71. The lowest BCUT2D eigenvalue weighted by atomic mass is 10.2. The highest BCUT2D eigenvalue weighted by Gasteiger charge is 2.13. The minimum atomic E-state index is -0.224. The maximum Gasteiger partial charge on any atom is 0.253 e. The molecule has 3 rings (SSSR count). The lowest BCUT2D eigenvalue weighted by molar-refractivity contribution is 0.0953. The van der Waals surface area contributed by atoms with E-state index in [-0.39, 0.29) is 11.5 Å². The molecule has 6 heteroatoms. The predicted octanol–water partition coefficient (Wildman–Crippen LogP) is 2.62. The van der Waals surface area contributed by atoms with Crippen LogP contribution < -0.4 is 10.9 Å². The van der Waals surface area contributed by atoms with Gasteiger partial charge in [-0.05, 0) is 32.0 Å². The van der Waals surface area contributed by atoms with Crippen molar-refractivity contribution < 1.29 is 9.21 Å². The van der Waals surface area contributed by atoms with Crippen LogP contribution in [0.25, 0.3) is 11.5 Å². The summed E-state index contributed by atoms with van der Waals surface area (Å²) in [5.74, 6) is 1.10. The van der Waals surface area contributed by atoms with E-state index in [1.165, 1.54) is 12.1 Å². The molecule has 0 spiro atoms. The van der Waals surface area contributed by atoms with Crippen LogP contribution in [0.5, 0.6) is 0 Å². The van der Waals surface area contributed by atoms with Gasteiger partial charge in [0.15, 0.2) is 0 Å². The number of hydrogen-bond acceptors (Lipinski definition) is 4. The van der Waals surface area contributed by atoms with Crippen LogP contribution in [-0.4, -0.2) is 22.4 Å². The normalized spacial score (nSPS) is 10.6. The Hall–Kier alpha value is -3.15. The minimum Gasteiger partial charge on any atom is -0.441 e. The lowest BCUT2D eigenvalue weighted by Gasteiger charge is -2.06. The molecule has 2 N–H and O–H groups in total. The van der Waals surface area contributed by atoms with Crippen LogP contribution in [0, 0.1) is 13.8 Å². The van der Waals surface area contributed by atoms with Crippen molar-refractivity contribution in [3.05, 3.63) is 75.5 Å². The Labute approximate surface area is 144 Å². The zero-order chi connectivity index (χ0) is 17.8. The Bertz CT molecular complexity index is 942. The van der Waals surface area contributed by atoms with Crippen LogP contribution in [0.3, 0.4) is 0 Å². The maximum atomic E-state index is 12.2. The van der Waals surface area contributed by atoms with Gasteiger partial charge in [-0.15, -0.1) is 0 Å². The van der Waals surface area contributed by atoms with Gasteiger partial charge in [0, 0.05) is 30.3 Å². The number of carbonyl (C=O) groups excluding carboxylic acids is 1. The van der Waals surface area contributed by atoms with E-state index in [2.05, 4.69) is 15.3 Å². The second-order valence-electron chi connectivity index (χ2n) is 5.76. The number of nitrogens with zero attached hydrogens (tertiary/aromatic N) is 1.